The van der Waals surface area contributed by atoms with E-state index in [9.17, 15) is 0 Å². The summed E-state index contributed by atoms with van der Waals surface area (Å²) in [6, 6.07) is 0. The second-order valence-corrected chi connectivity index (χ2v) is 2.51. The Bertz CT molecular complexity index is 62.3. The number of hydrogen-bond donors (Lipinski definition) is 1. The summed E-state index contributed by atoms with van der Waals surface area (Å²) in [7, 11) is 1.70. The Labute approximate surface area is 63.2 Å². The van der Waals surface area contributed by atoms with Gasteiger partial charge in [-0.15, -0.1) is 0 Å². The number of aliphatic hydroxyl groups is 1. The van der Waals surface area contributed by atoms with E-state index in [4.69, 9.17) is 9.84 Å². The Morgan fingerprint density at radius 2 is 2.30 bits per heavy atom. The maximum absolute atomic E-state index is 8.85. The summed E-state index contributed by atoms with van der Waals surface area (Å²) in [5.74, 6) is 0. The normalized spacial score (nSPS) is 13.5. The van der Waals surface area contributed by atoms with E-state index in [1.807, 2.05) is 0 Å². The van der Waals surface area contributed by atoms with Crippen molar-refractivity contribution in [2.75, 3.05) is 13.7 Å². The van der Waals surface area contributed by atoms with Crippen molar-refractivity contribution in [1.29, 1.82) is 0 Å². The Balaban J connectivity index is 2.77. The van der Waals surface area contributed by atoms with Gasteiger partial charge in [0, 0.05) is 13.7 Å². The van der Waals surface area contributed by atoms with Gasteiger partial charge in [-0.05, 0) is 32.6 Å². The molecule has 10 heavy (non-hydrogen) atoms. The first kappa shape index (κ1) is 9.92. The summed E-state index contributed by atoms with van der Waals surface area (Å²) in [6.07, 6.45) is 4.80. The second-order valence-electron chi connectivity index (χ2n) is 2.51. The van der Waals surface area contributed by atoms with Crippen molar-refractivity contribution < 1.29 is 9.84 Å². The third-order valence-corrected chi connectivity index (χ3v) is 1.26. The average molecular weight is 145 g/mol. The lowest BCUT2D eigenvalue weighted by atomic mass is 10.1. The molecule has 0 aliphatic carbocycles. The van der Waals surface area contributed by atoms with Crippen molar-refractivity contribution >= 4 is 0 Å². The van der Waals surface area contributed by atoms with Crippen molar-refractivity contribution in [3.63, 3.8) is 0 Å². The van der Waals surface area contributed by atoms with Crippen LogP contribution < -0.4 is 0 Å². The molecule has 0 spiro atoms. The van der Waals surface area contributed by atoms with E-state index < -0.39 is 0 Å². The summed E-state index contributed by atoms with van der Waals surface area (Å²) in [4.78, 5) is 0. The van der Waals surface area contributed by atoms with Crippen LogP contribution in [0.25, 0.3) is 0 Å². The van der Waals surface area contributed by atoms with E-state index in [0.29, 0.717) is 0 Å². The molecule has 0 fully saturated rings. The van der Waals surface area contributed by atoms with Crippen LogP contribution in [0.1, 0.15) is 26.2 Å². The van der Waals surface area contributed by atoms with Crippen LogP contribution in [0, 0.1) is 6.42 Å². The molecule has 0 aromatic heterocycles. The highest BCUT2D eigenvalue weighted by Crippen LogP contribution is 2.01. The van der Waals surface area contributed by atoms with Crippen LogP contribution in [0.4, 0.5) is 0 Å². The van der Waals surface area contributed by atoms with Crippen LogP contribution in [0.15, 0.2) is 0 Å². The molecule has 1 atom stereocenters. The van der Waals surface area contributed by atoms with E-state index in [1.54, 1.807) is 14.0 Å². The fraction of sp³-hybridized carbons (Fsp3) is 0.875. The number of rotatable bonds is 6. The first-order valence-electron chi connectivity index (χ1n) is 3.76. The molecule has 0 aromatic carbocycles. The topological polar surface area (TPSA) is 29.5 Å². The highest BCUT2D eigenvalue weighted by Gasteiger charge is 1.94. The summed E-state index contributed by atoms with van der Waals surface area (Å²) in [5.41, 5.74) is 0. The Kier molecular flexibility index (Phi) is 6.98. The number of hydrogen-bond acceptors (Lipinski definition) is 2. The van der Waals surface area contributed by atoms with Crippen molar-refractivity contribution in [2.24, 2.45) is 0 Å². The third-order valence-electron chi connectivity index (χ3n) is 1.26. The quantitative estimate of drug-likeness (QED) is 0.572. The number of methoxy groups -OCH3 is 1. The van der Waals surface area contributed by atoms with Gasteiger partial charge < -0.3 is 9.84 Å². The maximum atomic E-state index is 8.85. The first-order valence-corrected chi connectivity index (χ1v) is 3.76. The fourth-order valence-corrected chi connectivity index (χ4v) is 0.731. The van der Waals surface area contributed by atoms with Crippen LogP contribution in [-0.4, -0.2) is 24.9 Å². The van der Waals surface area contributed by atoms with Gasteiger partial charge in [0.1, 0.15) is 0 Å². The zero-order valence-electron chi connectivity index (χ0n) is 6.84. The van der Waals surface area contributed by atoms with E-state index in [1.165, 1.54) is 0 Å². The second kappa shape index (κ2) is 7.03. The lowest BCUT2D eigenvalue weighted by Gasteiger charge is -2.02. The Morgan fingerprint density at radius 3 is 2.80 bits per heavy atom. The van der Waals surface area contributed by atoms with Crippen molar-refractivity contribution in [3.8, 4) is 0 Å². The molecule has 2 nitrogen and oxygen atoms in total. The summed E-state index contributed by atoms with van der Waals surface area (Å²) < 4.78 is 4.87. The minimum absolute atomic E-state index is 0.192. The van der Waals surface area contributed by atoms with Gasteiger partial charge in [-0.3, -0.25) is 0 Å². The van der Waals surface area contributed by atoms with Gasteiger partial charge in [0.2, 0.25) is 0 Å². The molecule has 0 saturated carbocycles. The maximum Gasteiger partial charge on any atom is 0.0514 e. The van der Waals surface area contributed by atoms with Gasteiger partial charge in [0.05, 0.1) is 6.10 Å². The lowest BCUT2D eigenvalue weighted by molar-refractivity contribution is 0.184. The van der Waals surface area contributed by atoms with Crippen LogP contribution in [0.3, 0.4) is 0 Å². The molecule has 1 N–H and O–H groups in total. The molecule has 1 radical (unpaired) electrons. The molecular formula is C8H17O2. The van der Waals surface area contributed by atoms with Gasteiger partial charge >= 0.3 is 0 Å². The third kappa shape index (κ3) is 7.92. The molecule has 0 heterocycles. The van der Waals surface area contributed by atoms with E-state index >= 15 is 0 Å². The summed E-state index contributed by atoms with van der Waals surface area (Å²) >= 11 is 0. The van der Waals surface area contributed by atoms with Gasteiger partial charge in [-0.2, -0.15) is 0 Å². The summed E-state index contributed by atoms with van der Waals surface area (Å²) in [6.45, 7) is 2.61. The molecule has 0 aromatic rings. The molecule has 0 bridgehead atoms. The summed E-state index contributed by atoms with van der Waals surface area (Å²) in [5, 5.41) is 8.85. The van der Waals surface area contributed by atoms with Crippen molar-refractivity contribution in [3.05, 3.63) is 6.42 Å². The van der Waals surface area contributed by atoms with E-state index in [0.717, 1.165) is 25.9 Å². The molecule has 1 unspecified atom stereocenters. The number of unbranched alkanes of at least 4 members (excludes halogenated alkanes) is 2. The number of aliphatic hydroxyl groups excluding tert-OH is 1. The largest absolute Gasteiger partial charge is 0.393 e. The minimum atomic E-state index is -0.192. The first-order chi connectivity index (χ1) is 4.77. The average Bonchev–Trinajstić information content (AvgIpc) is 1.87. The van der Waals surface area contributed by atoms with Gasteiger partial charge in [0.25, 0.3) is 0 Å². The van der Waals surface area contributed by atoms with E-state index in [2.05, 4.69) is 6.42 Å². The predicted molar refractivity (Wildman–Crippen MR) is 41.7 cm³/mol. The zero-order chi connectivity index (χ0) is 7.82. The molecule has 0 aliphatic rings. The smallest absolute Gasteiger partial charge is 0.0514 e. The molecule has 0 aliphatic heterocycles. The highest BCUT2D eigenvalue weighted by molar-refractivity contribution is 4.66. The molecule has 0 rings (SSSR count). The molecule has 61 valence electrons. The molecular weight excluding hydrogens is 128 g/mol. The minimum Gasteiger partial charge on any atom is -0.393 e. The van der Waals surface area contributed by atoms with E-state index in [-0.39, 0.29) is 6.10 Å². The molecule has 0 amide bonds. The van der Waals surface area contributed by atoms with Crippen molar-refractivity contribution in [2.45, 2.75) is 32.3 Å². The standard InChI is InChI=1S/C8H17O2/c1-8(9)6-4-3-5-7-10-2/h4,8-9H,3,5-7H2,1-2H3. The fourth-order valence-electron chi connectivity index (χ4n) is 0.731. The lowest BCUT2D eigenvalue weighted by Crippen LogP contribution is -1.99. The number of ether oxygens (including phenoxy) is 1. The van der Waals surface area contributed by atoms with Crippen LogP contribution in [-0.2, 0) is 4.74 Å². The van der Waals surface area contributed by atoms with Gasteiger partial charge in [0.15, 0.2) is 0 Å². The predicted octanol–water partition coefficient (Wildman–Crippen LogP) is 1.39. The van der Waals surface area contributed by atoms with Crippen LogP contribution in [0.5, 0.6) is 0 Å². The van der Waals surface area contributed by atoms with Gasteiger partial charge in [-0.1, -0.05) is 0 Å². The Hall–Kier alpha value is -0.0800. The zero-order valence-corrected chi connectivity index (χ0v) is 6.84. The van der Waals surface area contributed by atoms with Gasteiger partial charge in [-0.25, -0.2) is 0 Å². The molecule has 2 heteroatoms. The van der Waals surface area contributed by atoms with Crippen LogP contribution >= 0.6 is 0 Å². The van der Waals surface area contributed by atoms with Crippen LogP contribution in [0.2, 0.25) is 0 Å². The highest BCUT2D eigenvalue weighted by atomic mass is 16.5. The van der Waals surface area contributed by atoms with Crippen molar-refractivity contribution in [1.82, 2.24) is 0 Å². The monoisotopic (exact) mass is 145 g/mol. The molecule has 0 saturated heterocycles. The Morgan fingerprint density at radius 1 is 1.60 bits per heavy atom. The SMILES string of the molecule is COCCC[CH]CC(C)O.